The van der Waals surface area contributed by atoms with E-state index in [1.54, 1.807) is 0 Å². The zero-order chi connectivity index (χ0) is 30.5. The Labute approximate surface area is 238 Å². The van der Waals surface area contributed by atoms with Gasteiger partial charge in [-0.15, -0.1) is 0 Å². The smallest absolute Gasteiger partial charge is 0.382 e. The van der Waals surface area contributed by atoms with Gasteiger partial charge in [0.15, 0.2) is 11.5 Å². The molecular weight excluding hydrogens is 621 g/mol. The molecule has 0 spiro atoms. The zero-order valence-electron chi connectivity index (χ0n) is 21.6. The van der Waals surface area contributed by atoms with Crippen molar-refractivity contribution in [3.05, 3.63) is 48.0 Å². The van der Waals surface area contributed by atoms with E-state index >= 15 is 0 Å². The largest absolute Gasteiger partial charge is 0.490 e. The number of hydrogen-bond donors (Lipinski definition) is 6. The van der Waals surface area contributed by atoms with Crippen LogP contribution in [0.1, 0.15) is 23.8 Å². The van der Waals surface area contributed by atoms with Crippen molar-refractivity contribution in [2.45, 2.75) is 31.3 Å². The van der Waals surface area contributed by atoms with E-state index in [0.29, 0.717) is 12.1 Å². The molecule has 0 radical (unpaired) electrons. The molecule has 1 saturated heterocycles. The van der Waals surface area contributed by atoms with Gasteiger partial charge in [-0.2, -0.15) is 8.62 Å². The average Bonchev–Trinajstić information content (AvgIpc) is 3.48. The molecule has 0 aliphatic carbocycles. The average molecular weight is 648 g/mol. The van der Waals surface area contributed by atoms with E-state index in [9.17, 15) is 23.5 Å². The van der Waals surface area contributed by atoms with Crippen LogP contribution in [0.3, 0.4) is 0 Å². The van der Waals surface area contributed by atoms with E-state index in [2.05, 4.69) is 35.4 Å². The molecule has 0 amide bonds. The number of nitrogens with two attached hydrogens (primary N) is 2. The topological polar surface area (TPSA) is 274 Å². The first-order chi connectivity index (χ1) is 19.8. The van der Waals surface area contributed by atoms with Crippen LogP contribution in [0.25, 0.3) is 11.2 Å². The fraction of sp³-hybridized carbons (Fsp3) is 0.381. The Balaban J connectivity index is 1.45. The maximum atomic E-state index is 12.6. The fourth-order valence-corrected chi connectivity index (χ4v) is 7.20. The molecule has 18 nitrogen and oxygen atoms in total. The molecule has 2 unspecified atom stereocenters. The quantitative estimate of drug-likeness (QED) is 0.0907. The molecule has 2 aromatic heterocycles. The monoisotopic (exact) mass is 648 g/mol. The lowest BCUT2D eigenvalue weighted by molar-refractivity contribution is -0.0599. The minimum absolute atomic E-state index is 0.112. The lowest BCUT2D eigenvalue weighted by atomic mass is 10.1. The molecular formula is C21H27N6O12P3. The van der Waals surface area contributed by atoms with E-state index in [1.807, 2.05) is 24.3 Å². The van der Waals surface area contributed by atoms with Gasteiger partial charge in [0.2, 0.25) is 0 Å². The highest BCUT2D eigenvalue weighted by atomic mass is 31.3. The zero-order valence-corrected chi connectivity index (χ0v) is 24.3. The molecule has 3 aromatic rings. The number of aromatic nitrogens is 4. The van der Waals surface area contributed by atoms with Crippen molar-refractivity contribution in [3.63, 3.8) is 0 Å². The molecule has 1 aliphatic rings. The molecule has 21 heteroatoms. The number of phosphoric acid groups is 3. The predicted octanol–water partition coefficient (Wildman–Crippen LogP) is 0.977. The third-order valence-corrected chi connectivity index (χ3v) is 9.53. The van der Waals surface area contributed by atoms with Crippen LogP contribution in [-0.2, 0) is 42.7 Å². The third-order valence-electron chi connectivity index (χ3n) is 5.67. The molecule has 0 bridgehead atoms. The van der Waals surface area contributed by atoms with Gasteiger partial charge in [0.05, 0.1) is 26.1 Å². The Morgan fingerprint density at radius 2 is 1.79 bits per heavy atom. The summed E-state index contributed by atoms with van der Waals surface area (Å²) in [7, 11) is -16.7. The lowest BCUT2D eigenvalue weighted by Crippen LogP contribution is -2.29. The Hall–Kier alpha value is -2.58. The summed E-state index contributed by atoms with van der Waals surface area (Å²) in [6.07, 6.45) is -0.221. The molecule has 1 aliphatic heterocycles. The van der Waals surface area contributed by atoms with Gasteiger partial charge in [-0.25, -0.2) is 28.6 Å². The van der Waals surface area contributed by atoms with Crippen LogP contribution in [0.15, 0.2) is 36.9 Å². The van der Waals surface area contributed by atoms with Crippen LogP contribution in [0.4, 0.5) is 5.82 Å². The van der Waals surface area contributed by atoms with E-state index < -0.39 is 41.9 Å². The molecule has 228 valence electrons. The number of fused-ring (bicyclic) bond motifs is 1. The molecule has 0 saturated carbocycles. The summed E-state index contributed by atoms with van der Waals surface area (Å²) < 4.78 is 61.3. The second-order valence-electron chi connectivity index (χ2n) is 8.71. The highest BCUT2D eigenvalue weighted by Gasteiger charge is 2.46. The minimum atomic E-state index is -5.72. The van der Waals surface area contributed by atoms with Crippen LogP contribution in [0.5, 0.6) is 0 Å². The molecule has 1 aromatic carbocycles. The maximum Gasteiger partial charge on any atom is 0.490 e. The summed E-state index contributed by atoms with van der Waals surface area (Å²) in [5.41, 5.74) is 13.6. The molecule has 3 heterocycles. The highest BCUT2D eigenvalue weighted by Crippen LogP contribution is 2.67. The van der Waals surface area contributed by atoms with Gasteiger partial charge in [0.25, 0.3) is 0 Å². The second kappa shape index (κ2) is 13.4. The van der Waals surface area contributed by atoms with Crippen molar-refractivity contribution in [1.29, 1.82) is 0 Å². The first-order valence-electron chi connectivity index (χ1n) is 12.0. The SMILES string of the molecule is NCC#Cc1ccc(CCOC[C@H]2O[C@@H](n3cnc4c(N)ncnc43)C[C@@H]2OP(=O)(O)OP(=O)(O)OP(=O)(O)O)cc1. The molecule has 8 N–H and O–H groups in total. The van der Waals surface area contributed by atoms with Gasteiger partial charge in [-0.05, 0) is 24.1 Å². The van der Waals surface area contributed by atoms with Gasteiger partial charge in [0.1, 0.15) is 30.3 Å². The van der Waals surface area contributed by atoms with Crippen LogP contribution in [0.2, 0.25) is 0 Å². The van der Waals surface area contributed by atoms with Gasteiger partial charge < -0.3 is 40.5 Å². The van der Waals surface area contributed by atoms with Crippen molar-refractivity contribution in [2.75, 3.05) is 25.5 Å². The van der Waals surface area contributed by atoms with Crippen LogP contribution in [0, 0.1) is 11.8 Å². The number of imidazole rings is 1. The lowest BCUT2D eigenvalue weighted by Gasteiger charge is -2.22. The fourth-order valence-electron chi connectivity index (χ4n) is 3.98. The van der Waals surface area contributed by atoms with E-state index in [4.69, 9.17) is 35.3 Å². The van der Waals surface area contributed by atoms with E-state index in [0.717, 1.165) is 11.1 Å². The maximum absolute atomic E-state index is 12.6. The van der Waals surface area contributed by atoms with Crippen LogP contribution >= 0.6 is 23.5 Å². The van der Waals surface area contributed by atoms with Crippen LogP contribution in [-0.4, -0.2) is 71.1 Å². The number of phosphoric ester groups is 1. The molecule has 4 rings (SSSR count). The Morgan fingerprint density at radius 3 is 2.48 bits per heavy atom. The van der Waals surface area contributed by atoms with Crippen LogP contribution < -0.4 is 11.5 Å². The number of nitrogen functional groups attached to an aromatic ring is 1. The Bertz CT molecular complexity index is 1600. The van der Waals surface area contributed by atoms with Gasteiger partial charge in [0, 0.05) is 12.0 Å². The Morgan fingerprint density at radius 1 is 1.05 bits per heavy atom. The molecule has 5 atom stereocenters. The Kier molecular flexibility index (Phi) is 10.3. The van der Waals surface area contributed by atoms with Gasteiger partial charge in [-0.1, -0.05) is 24.0 Å². The second-order valence-corrected chi connectivity index (χ2v) is 13.1. The number of benzene rings is 1. The first kappa shape index (κ1) is 32.3. The van der Waals surface area contributed by atoms with E-state index in [1.165, 1.54) is 17.2 Å². The number of hydrogen-bond acceptors (Lipinski definition) is 13. The number of rotatable bonds is 12. The van der Waals surface area contributed by atoms with Crippen molar-refractivity contribution in [2.24, 2.45) is 5.73 Å². The number of anilines is 1. The highest BCUT2D eigenvalue weighted by molar-refractivity contribution is 7.66. The van der Waals surface area contributed by atoms with E-state index in [-0.39, 0.29) is 37.5 Å². The summed E-state index contributed by atoms with van der Waals surface area (Å²) in [5, 5.41) is 0. The first-order valence-corrected chi connectivity index (χ1v) is 16.5. The summed E-state index contributed by atoms with van der Waals surface area (Å²) in [6.45, 7) is 0.320. The van der Waals surface area contributed by atoms with Gasteiger partial charge in [-0.3, -0.25) is 9.09 Å². The number of ether oxygens (including phenoxy) is 2. The third kappa shape index (κ3) is 8.96. The molecule has 42 heavy (non-hydrogen) atoms. The van der Waals surface area contributed by atoms with Crippen molar-refractivity contribution in [1.82, 2.24) is 19.5 Å². The van der Waals surface area contributed by atoms with Crippen molar-refractivity contribution < 1.29 is 55.9 Å². The normalized spacial score (nSPS) is 21.9. The summed E-state index contributed by atoms with van der Waals surface area (Å²) in [6, 6.07) is 7.43. The summed E-state index contributed by atoms with van der Waals surface area (Å²) >= 11 is 0. The van der Waals surface area contributed by atoms with Crippen molar-refractivity contribution >= 4 is 40.4 Å². The summed E-state index contributed by atoms with van der Waals surface area (Å²) in [4.78, 5) is 49.3. The number of nitrogens with zero attached hydrogens (tertiary/aromatic N) is 4. The minimum Gasteiger partial charge on any atom is -0.382 e. The predicted molar refractivity (Wildman–Crippen MR) is 144 cm³/mol. The van der Waals surface area contributed by atoms with Gasteiger partial charge >= 0.3 is 23.5 Å². The van der Waals surface area contributed by atoms with Crippen molar-refractivity contribution in [3.8, 4) is 11.8 Å². The standard InChI is InChI=1S/C21H27N6O12P3/c22-8-1-2-14-3-5-15(6-4-14)7-9-35-11-17-16(37-41(31,32)39-42(33,34)38-40(28,29)30)10-18(36-17)27-13-26-19-20(23)24-12-25-21(19)27/h3-6,12-13,16-18H,7-11,22H2,(H,31,32)(H,33,34)(H2,23,24,25)(H2,28,29,30)/t16-,17+,18+/m0/s1. The summed E-state index contributed by atoms with van der Waals surface area (Å²) in [5.74, 6) is 5.80. The molecule has 1 fully saturated rings.